The molecular formula is C11H15IN4O. The summed E-state index contributed by atoms with van der Waals surface area (Å²) in [5.74, 6) is 0.535. The molecule has 5 nitrogen and oxygen atoms in total. The molecule has 1 aliphatic rings. The number of nitrogens with one attached hydrogen (secondary N) is 1. The number of rotatable bonds is 3. The zero-order valence-corrected chi connectivity index (χ0v) is 11.6. The second kappa shape index (κ2) is 5.61. The third kappa shape index (κ3) is 3.52. The van der Waals surface area contributed by atoms with Crippen molar-refractivity contribution in [3.63, 3.8) is 0 Å². The first kappa shape index (κ1) is 12.5. The Kier molecular flexibility index (Phi) is 4.14. The van der Waals surface area contributed by atoms with Gasteiger partial charge in [0.2, 0.25) is 11.9 Å². The first-order chi connectivity index (χ1) is 8.15. The Morgan fingerprint density at radius 1 is 1.29 bits per heavy atom. The normalized spacial score (nSPS) is 24.3. The number of amides is 1. The second-order valence-corrected chi connectivity index (χ2v) is 5.57. The molecule has 92 valence electrons. The third-order valence-corrected chi connectivity index (χ3v) is 3.64. The van der Waals surface area contributed by atoms with E-state index in [0.717, 1.165) is 29.3 Å². The molecule has 1 aromatic heterocycles. The Hall–Kier alpha value is -0.920. The van der Waals surface area contributed by atoms with Gasteiger partial charge in [-0.3, -0.25) is 4.79 Å². The van der Waals surface area contributed by atoms with Gasteiger partial charge in [0, 0.05) is 27.9 Å². The predicted molar refractivity (Wildman–Crippen MR) is 73.3 cm³/mol. The van der Waals surface area contributed by atoms with Gasteiger partial charge in [0.25, 0.3) is 0 Å². The zero-order valence-electron chi connectivity index (χ0n) is 9.40. The van der Waals surface area contributed by atoms with Crippen molar-refractivity contribution >= 4 is 34.4 Å². The number of carbonyl (C=O) groups excluding carboxylic acids is 1. The number of nitrogens with zero attached hydrogens (tertiary/aromatic N) is 2. The van der Waals surface area contributed by atoms with Crippen molar-refractivity contribution in [1.82, 2.24) is 9.97 Å². The number of hydrogen-bond donors (Lipinski definition) is 2. The largest absolute Gasteiger partial charge is 0.369 e. The predicted octanol–water partition coefficient (Wildman–Crippen LogP) is 1.54. The Morgan fingerprint density at radius 2 is 1.88 bits per heavy atom. The molecule has 17 heavy (non-hydrogen) atoms. The van der Waals surface area contributed by atoms with Crippen LogP contribution >= 0.6 is 22.6 Å². The Bertz CT molecular complexity index is 387. The number of carbonyl (C=O) groups is 1. The molecule has 1 heterocycles. The Balaban J connectivity index is 1.85. The van der Waals surface area contributed by atoms with Crippen LogP contribution in [0.3, 0.4) is 0 Å². The van der Waals surface area contributed by atoms with Crippen LogP contribution in [0.2, 0.25) is 0 Å². The van der Waals surface area contributed by atoms with Gasteiger partial charge in [0.05, 0.1) is 0 Å². The van der Waals surface area contributed by atoms with Crippen molar-refractivity contribution in [3.05, 3.63) is 16.0 Å². The Labute approximate surface area is 114 Å². The highest BCUT2D eigenvalue weighted by atomic mass is 127. The van der Waals surface area contributed by atoms with Gasteiger partial charge >= 0.3 is 0 Å². The standard InChI is InChI=1S/C11H15IN4O/c12-8-5-14-11(15-6-8)16-9-3-1-7(2-4-9)10(13)17/h5-7,9H,1-4H2,(H2,13,17)(H,14,15,16). The third-order valence-electron chi connectivity index (χ3n) is 3.08. The maximum atomic E-state index is 11.0. The highest BCUT2D eigenvalue weighted by Gasteiger charge is 2.24. The molecule has 0 radical (unpaired) electrons. The molecule has 0 saturated heterocycles. The topological polar surface area (TPSA) is 80.9 Å². The van der Waals surface area contributed by atoms with E-state index < -0.39 is 0 Å². The fraction of sp³-hybridized carbons (Fsp3) is 0.545. The lowest BCUT2D eigenvalue weighted by Gasteiger charge is -2.27. The van der Waals surface area contributed by atoms with Crippen molar-refractivity contribution in [2.45, 2.75) is 31.7 Å². The minimum Gasteiger partial charge on any atom is -0.369 e. The fourth-order valence-corrected chi connectivity index (χ4v) is 2.37. The maximum Gasteiger partial charge on any atom is 0.222 e. The van der Waals surface area contributed by atoms with E-state index in [2.05, 4.69) is 37.9 Å². The van der Waals surface area contributed by atoms with E-state index in [1.165, 1.54) is 0 Å². The maximum absolute atomic E-state index is 11.0. The summed E-state index contributed by atoms with van der Waals surface area (Å²) in [5, 5.41) is 3.29. The summed E-state index contributed by atoms with van der Waals surface area (Å²) in [7, 11) is 0. The van der Waals surface area contributed by atoms with Crippen molar-refractivity contribution in [2.24, 2.45) is 11.7 Å². The molecule has 6 heteroatoms. The van der Waals surface area contributed by atoms with E-state index in [9.17, 15) is 4.79 Å². The number of halogens is 1. The van der Waals surface area contributed by atoms with Crippen molar-refractivity contribution < 1.29 is 4.79 Å². The summed E-state index contributed by atoms with van der Waals surface area (Å²) >= 11 is 2.17. The first-order valence-corrected chi connectivity index (χ1v) is 6.76. The number of aromatic nitrogens is 2. The molecule has 0 unspecified atom stereocenters. The van der Waals surface area contributed by atoms with Crippen LogP contribution in [0, 0.1) is 9.49 Å². The van der Waals surface area contributed by atoms with E-state index in [1.54, 1.807) is 12.4 Å². The van der Waals surface area contributed by atoms with E-state index in [-0.39, 0.29) is 11.8 Å². The van der Waals surface area contributed by atoms with Gasteiger partial charge in [-0.25, -0.2) is 9.97 Å². The summed E-state index contributed by atoms with van der Waals surface area (Å²) < 4.78 is 1.02. The lowest BCUT2D eigenvalue weighted by atomic mass is 9.86. The molecule has 0 aliphatic heterocycles. The van der Waals surface area contributed by atoms with E-state index >= 15 is 0 Å². The van der Waals surface area contributed by atoms with E-state index in [1.807, 2.05) is 0 Å². The fourth-order valence-electron chi connectivity index (χ4n) is 2.09. The molecule has 2 rings (SSSR count). The average molecular weight is 346 g/mol. The summed E-state index contributed by atoms with van der Waals surface area (Å²) in [4.78, 5) is 19.4. The molecule has 1 aliphatic carbocycles. The summed E-state index contributed by atoms with van der Waals surface area (Å²) in [5.41, 5.74) is 5.30. The van der Waals surface area contributed by atoms with Crippen LogP contribution in [0.4, 0.5) is 5.95 Å². The van der Waals surface area contributed by atoms with Gasteiger partial charge in [-0.2, -0.15) is 0 Å². The van der Waals surface area contributed by atoms with Gasteiger partial charge < -0.3 is 11.1 Å². The second-order valence-electron chi connectivity index (χ2n) is 4.32. The van der Waals surface area contributed by atoms with Crippen molar-refractivity contribution in [1.29, 1.82) is 0 Å². The monoisotopic (exact) mass is 346 g/mol. The average Bonchev–Trinajstić information content (AvgIpc) is 2.33. The molecular weight excluding hydrogens is 331 g/mol. The van der Waals surface area contributed by atoms with Crippen LogP contribution in [0.5, 0.6) is 0 Å². The van der Waals surface area contributed by atoms with E-state index in [4.69, 9.17) is 5.73 Å². The summed E-state index contributed by atoms with van der Waals surface area (Å²) in [6.45, 7) is 0. The summed E-state index contributed by atoms with van der Waals surface area (Å²) in [6.07, 6.45) is 7.18. The minimum absolute atomic E-state index is 0.0469. The molecule has 3 N–H and O–H groups in total. The van der Waals surface area contributed by atoms with Gasteiger partial charge in [-0.1, -0.05) is 0 Å². The summed E-state index contributed by atoms with van der Waals surface area (Å²) in [6, 6.07) is 0.352. The van der Waals surface area contributed by atoms with Gasteiger partial charge in [0.15, 0.2) is 0 Å². The highest BCUT2D eigenvalue weighted by molar-refractivity contribution is 14.1. The molecule has 0 atom stereocenters. The molecule has 0 spiro atoms. The number of anilines is 1. The van der Waals surface area contributed by atoms with Crippen LogP contribution in [0.15, 0.2) is 12.4 Å². The van der Waals surface area contributed by atoms with Gasteiger partial charge in [-0.05, 0) is 48.3 Å². The van der Waals surface area contributed by atoms with Crippen molar-refractivity contribution in [3.8, 4) is 0 Å². The zero-order chi connectivity index (χ0) is 12.3. The molecule has 1 saturated carbocycles. The van der Waals surface area contributed by atoms with Crippen LogP contribution < -0.4 is 11.1 Å². The van der Waals surface area contributed by atoms with Gasteiger partial charge in [-0.15, -0.1) is 0 Å². The minimum atomic E-state index is -0.172. The molecule has 0 aromatic carbocycles. The van der Waals surface area contributed by atoms with Crippen LogP contribution in [0.1, 0.15) is 25.7 Å². The first-order valence-electron chi connectivity index (χ1n) is 5.68. The lowest BCUT2D eigenvalue weighted by molar-refractivity contribution is -0.122. The van der Waals surface area contributed by atoms with Crippen LogP contribution in [-0.2, 0) is 4.79 Å². The Morgan fingerprint density at radius 3 is 2.41 bits per heavy atom. The highest BCUT2D eigenvalue weighted by Crippen LogP contribution is 2.25. The number of primary amides is 1. The van der Waals surface area contributed by atoms with Gasteiger partial charge in [0.1, 0.15) is 0 Å². The number of nitrogens with two attached hydrogens (primary N) is 1. The lowest BCUT2D eigenvalue weighted by Crippen LogP contribution is -2.32. The molecule has 1 amide bonds. The van der Waals surface area contributed by atoms with Crippen LogP contribution in [-0.4, -0.2) is 21.9 Å². The van der Waals surface area contributed by atoms with Crippen molar-refractivity contribution in [2.75, 3.05) is 5.32 Å². The number of hydrogen-bond acceptors (Lipinski definition) is 4. The van der Waals surface area contributed by atoms with Crippen LogP contribution in [0.25, 0.3) is 0 Å². The molecule has 1 fully saturated rings. The quantitative estimate of drug-likeness (QED) is 0.814. The molecule has 0 bridgehead atoms. The molecule has 1 aromatic rings. The van der Waals surface area contributed by atoms with E-state index in [0.29, 0.717) is 12.0 Å². The SMILES string of the molecule is NC(=O)C1CCC(Nc2ncc(I)cn2)CC1. The smallest absolute Gasteiger partial charge is 0.222 e.